The van der Waals surface area contributed by atoms with E-state index in [4.69, 9.17) is 9.47 Å². The molecule has 1 aliphatic rings. The highest BCUT2D eigenvalue weighted by Gasteiger charge is 2.38. The van der Waals surface area contributed by atoms with Crippen LogP contribution in [0.15, 0.2) is 22.8 Å². The van der Waals surface area contributed by atoms with Crippen molar-refractivity contribution in [3.8, 4) is 0 Å². The number of pyridine rings is 1. The minimum Gasteiger partial charge on any atom is -0.381 e. The molecule has 2 heterocycles. The summed E-state index contributed by atoms with van der Waals surface area (Å²) in [4.78, 5) is 4.32. The number of hydrogen-bond donors (Lipinski definition) is 1. The van der Waals surface area contributed by atoms with Gasteiger partial charge in [0.25, 0.3) is 0 Å². The van der Waals surface area contributed by atoms with Gasteiger partial charge in [-0.2, -0.15) is 0 Å². The average molecular weight is 360 g/mol. The second kappa shape index (κ2) is 8.22. The summed E-state index contributed by atoms with van der Waals surface area (Å²) < 4.78 is 12.4. The van der Waals surface area contributed by atoms with Crippen LogP contribution in [0, 0.1) is 0 Å². The van der Waals surface area contributed by atoms with E-state index >= 15 is 0 Å². The topological polar surface area (TPSA) is 51.6 Å². The first-order chi connectivity index (χ1) is 9.56. The van der Waals surface area contributed by atoms with Crippen LogP contribution < -0.4 is 0 Å². The third-order valence-electron chi connectivity index (χ3n) is 3.88. The van der Waals surface area contributed by atoms with Gasteiger partial charge in [-0.3, -0.25) is 4.98 Å². The summed E-state index contributed by atoms with van der Waals surface area (Å²) in [5.41, 5.74) is -0.465. The van der Waals surface area contributed by atoms with E-state index in [0.29, 0.717) is 12.1 Å². The molecular weight excluding hydrogens is 334 g/mol. The van der Waals surface area contributed by atoms with Gasteiger partial charge in [0, 0.05) is 17.3 Å². The Morgan fingerprint density at radius 3 is 2.81 bits per heavy atom. The van der Waals surface area contributed by atoms with E-state index < -0.39 is 5.60 Å². The average Bonchev–Trinajstić information content (AvgIpc) is 2.48. The zero-order valence-corrected chi connectivity index (χ0v) is 13.6. The maximum Gasteiger partial charge on any atom is 0.158 e. The van der Waals surface area contributed by atoms with Crippen molar-refractivity contribution in [2.75, 3.05) is 6.61 Å². The van der Waals surface area contributed by atoms with E-state index in [2.05, 4.69) is 20.9 Å². The molecule has 1 N–H and O–H groups in total. The molecule has 3 atom stereocenters. The highest BCUT2D eigenvalue weighted by molar-refractivity contribution is 9.10. The van der Waals surface area contributed by atoms with Crippen LogP contribution in [0.5, 0.6) is 0 Å². The second-order valence-corrected chi connectivity index (χ2v) is 6.13. The molecule has 0 amide bonds. The molecule has 0 aliphatic carbocycles. The van der Waals surface area contributed by atoms with Crippen LogP contribution in [0.25, 0.3) is 0 Å². The molecule has 0 aromatic carbocycles. The number of hydrogen-bond acceptors (Lipinski definition) is 4. The highest BCUT2D eigenvalue weighted by atomic mass is 79.9. The second-order valence-electron chi connectivity index (χ2n) is 5.21. The molecule has 120 valence electrons. The van der Waals surface area contributed by atoms with E-state index in [1.165, 1.54) is 0 Å². The van der Waals surface area contributed by atoms with Crippen LogP contribution >= 0.6 is 15.9 Å². The van der Waals surface area contributed by atoms with Crippen LogP contribution in [0.4, 0.5) is 0 Å². The molecule has 5 heteroatoms. The van der Waals surface area contributed by atoms with Crippen molar-refractivity contribution < 1.29 is 14.6 Å². The molecule has 0 spiro atoms. The Balaban J connectivity index is 0.00000220. The summed E-state index contributed by atoms with van der Waals surface area (Å²) in [5, 5.41) is 10.9. The van der Waals surface area contributed by atoms with Gasteiger partial charge in [-0.05, 0) is 60.7 Å². The maximum absolute atomic E-state index is 10.9. The predicted molar refractivity (Wildman–Crippen MR) is 87.0 cm³/mol. The van der Waals surface area contributed by atoms with Gasteiger partial charge in [-0.15, -0.1) is 0 Å². The molecule has 21 heavy (non-hydrogen) atoms. The first kappa shape index (κ1) is 18.6. The number of nitrogens with zero attached hydrogens (tertiary/aromatic N) is 1. The molecule has 1 aliphatic heterocycles. The third-order valence-corrected chi connectivity index (χ3v) is 4.35. The third kappa shape index (κ3) is 4.49. The van der Waals surface area contributed by atoms with Gasteiger partial charge < -0.3 is 14.6 Å². The monoisotopic (exact) mass is 359 g/mol. The number of aromatic nitrogens is 1. The fourth-order valence-corrected chi connectivity index (χ4v) is 2.70. The Morgan fingerprint density at radius 2 is 2.29 bits per heavy atom. The molecule has 2 unspecified atom stereocenters. The Hall–Kier alpha value is -0.490. The van der Waals surface area contributed by atoms with E-state index in [0.717, 1.165) is 30.3 Å². The van der Waals surface area contributed by atoms with Gasteiger partial charge in [0.1, 0.15) is 5.60 Å². The van der Waals surface area contributed by atoms with Crippen LogP contribution in [0.3, 0.4) is 0 Å². The highest BCUT2D eigenvalue weighted by Crippen LogP contribution is 2.31. The molecule has 1 aromatic heterocycles. The fraction of sp³-hybridized carbons (Fsp3) is 0.688. The zero-order valence-electron chi connectivity index (χ0n) is 12.0. The Labute approximate surface area is 136 Å². The number of ether oxygens (including phenoxy) is 2. The normalized spacial score (nSPS) is 23.0. The lowest BCUT2D eigenvalue weighted by Crippen LogP contribution is -2.42. The van der Waals surface area contributed by atoms with Crippen LogP contribution in [0.2, 0.25) is 0 Å². The first-order valence-electron chi connectivity index (χ1n) is 7.17. The van der Waals surface area contributed by atoms with Crippen molar-refractivity contribution in [2.45, 2.75) is 65.0 Å². The van der Waals surface area contributed by atoms with Gasteiger partial charge in [-0.1, -0.05) is 14.4 Å². The van der Waals surface area contributed by atoms with Crippen molar-refractivity contribution in [2.24, 2.45) is 0 Å². The quantitative estimate of drug-likeness (QED) is 0.862. The molecule has 0 saturated carbocycles. The minimum absolute atomic E-state index is 0. The zero-order chi connectivity index (χ0) is 14.6. The lowest BCUT2D eigenvalue weighted by atomic mass is 9.90. The Morgan fingerprint density at radius 1 is 1.52 bits per heavy atom. The summed E-state index contributed by atoms with van der Waals surface area (Å²) in [6.45, 7) is 4.55. The Bertz CT molecular complexity index is 420. The SMILES string of the molecule is C.CCC(O)(c1ccc(Br)cn1)[C@H](C)OC1CCCCO1. The number of rotatable bonds is 5. The summed E-state index contributed by atoms with van der Waals surface area (Å²) in [6, 6.07) is 3.71. The molecule has 1 fully saturated rings. The van der Waals surface area contributed by atoms with Crippen LogP contribution in [-0.4, -0.2) is 29.1 Å². The smallest absolute Gasteiger partial charge is 0.158 e. The molecule has 0 bridgehead atoms. The van der Waals surface area contributed by atoms with E-state index in [9.17, 15) is 5.11 Å². The molecule has 1 saturated heterocycles. The standard InChI is InChI=1S/C15H22BrNO3.CH4/c1-3-15(18,13-8-7-12(16)10-17-13)11(2)20-14-6-4-5-9-19-14;/h7-8,10-11,14,18H,3-6,9H2,1-2H3;1H4/t11-,14?,15?;/m0./s1. The first-order valence-corrected chi connectivity index (χ1v) is 7.97. The van der Waals surface area contributed by atoms with Gasteiger partial charge in [0.15, 0.2) is 6.29 Å². The fourth-order valence-electron chi connectivity index (χ4n) is 2.47. The van der Waals surface area contributed by atoms with Gasteiger partial charge in [-0.25, -0.2) is 0 Å². The van der Waals surface area contributed by atoms with E-state index in [1.54, 1.807) is 6.20 Å². The van der Waals surface area contributed by atoms with Crippen molar-refractivity contribution in [3.05, 3.63) is 28.5 Å². The van der Waals surface area contributed by atoms with E-state index in [1.807, 2.05) is 26.0 Å². The molecule has 4 nitrogen and oxygen atoms in total. The van der Waals surface area contributed by atoms with Gasteiger partial charge >= 0.3 is 0 Å². The maximum atomic E-state index is 10.9. The van der Waals surface area contributed by atoms with Gasteiger partial charge in [0.2, 0.25) is 0 Å². The summed E-state index contributed by atoms with van der Waals surface area (Å²) in [7, 11) is 0. The molecule has 1 aromatic rings. The summed E-state index contributed by atoms with van der Waals surface area (Å²) in [6.07, 6.45) is 4.73. The summed E-state index contributed by atoms with van der Waals surface area (Å²) in [5.74, 6) is 0. The minimum atomic E-state index is -1.10. The van der Waals surface area contributed by atoms with Gasteiger partial charge in [0.05, 0.1) is 11.8 Å². The molecule has 0 radical (unpaired) electrons. The number of halogens is 1. The number of aliphatic hydroxyl groups is 1. The van der Waals surface area contributed by atoms with Crippen LogP contribution in [-0.2, 0) is 15.1 Å². The van der Waals surface area contributed by atoms with E-state index in [-0.39, 0.29) is 19.8 Å². The molecular formula is C16H26BrNO3. The van der Waals surface area contributed by atoms with Crippen molar-refractivity contribution in [1.29, 1.82) is 0 Å². The lowest BCUT2D eigenvalue weighted by Gasteiger charge is -2.35. The van der Waals surface area contributed by atoms with Crippen molar-refractivity contribution in [1.82, 2.24) is 4.98 Å². The predicted octanol–water partition coefficient (Wildman–Crippen LogP) is 4.01. The van der Waals surface area contributed by atoms with Crippen molar-refractivity contribution in [3.63, 3.8) is 0 Å². The van der Waals surface area contributed by atoms with Crippen LogP contribution in [0.1, 0.15) is 52.7 Å². The van der Waals surface area contributed by atoms with Crippen molar-refractivity contribution >= 4 is 15.9 Å². The lowest BCUT2D eigenvalue weighted by molar-refractivity contribution is -0.227. The Kier molecular flexibility index (Phi) is 7.27. The largest absolute Gasteiger partial charge is 0.381 e. The summed E-state index contributed by atoms with van der Waals surface area (Å²) >= 11 is 3.36. The molecule has 2 rings (SSSR count).